The maximum absolute atomic E-state index is 13.5. The van der Waals surface area contributed by atoms with Gasteiger partial charge in [0.05, 0.1) is 11.1 Å². The molecule has 2 nitrogen and oxygen atoms in total. The quantitative estimate of drug-likeness (QED) is 0.640. The third-order valence-electron chi connectivity index (χ3n) is 2.23. The second-order valence-electron chi connectivity index (χ2n) is 3.06. The topological polar surface area (TPSA) is 22.0 Å². The second-order valence-corrected chi connectivity index (χ2v) is 3.06. The average molecular weight is 195 g/mol. The van der Waals surface area contributed by atoms with Crippen molar-refractivity contribution in [2.45, 2.75) is 0 Å². The molecule has 0 unspecified atom stereocenters. The molecule has 0 amide bonds. The van der Waals surface area contributed by atoms with Crippen LogP contribution in [0.2, 0.25) is 0 Å². The minimum absolute atomic E-state index is 0.192. The third kappa shape index (κ3) is 1.04. The highest BCUT2D eigenvalue weighted by atomic mass is 19.1. The molecule has 14 heavy (non-hydrogen) atoms. The molecule has 1 heterocycles. The van der Waals surface area contributed by atoms with Gasteiger partial charge in [-0.1, -0.05) is 0 Å². The van der Waals surface area contributed by atoms with Gasteiger partial charge in [0.15, 0.2) is 6.29 Å². The van der Waals surface area contributed by atoms with Gasteiger partial charge in [-0.15, -0.1) is 0 Å². The van der Waals surface area contributed by atoms with Crippen LogP contribution < -0.4 is 0 Å². The van der Waals surface area contributed by atoms with Gasteiger partial charge in [0.1, 0.15) is 11.6 Å². The van der Waals surface area contributed by atoms with Gasteiger partial charge in [0, 0.05) is 18.6 Å². The van der Waals surface area contributed by atoms with Crippen molar-refractivity contribution in [1.29, 1.82) is 0 Å². The van der Waals surface area contributed by atoms with Crippen molar-refractivity contribution >= 4 is 17.2 Å². The first kappa shape index (κ1) is 8.87. The zero-order valence-electron chi connectivity index (χ0n) is 7.42. The van der Waals surface area contributed by atoms with E-state index in [1.165, 1.54) is 6.07 Å². The number of nitrogens with zero attached hydrogens (tertiary/aromatic N) is 1. The predicted octanol–water partition coefficient (Wildman–Crippen LogP) is 2.27. The first-order valence-corrected chi connectivity index (χ1v) is 4.03. The summed E-state index contributed by atoms with van der Waals surface area (Å²) in [6, 6.07) is 2.67. The number of aromatic nitrogens is 1. The van der Waals surface area contributed by atoms with Gasteiger partial charge in [-0.2, -0.15) is 0 Å². The van der Waals surface area contributed by atoms with Crippen molar-refractivity contribution in [3.63, 3.8) is 0 Å². The van der Waals surface area contributed by atoms with Gasteiger partial charge in [0.2, 0.25) is 0 Å². The summed E-state index contributed by atoms with van der Waals surface area (Å²) < 4.78 is 28.2. The number of hydrogen-bond acceptors (Lipinski definition) is 1. The van der Waals surface area contributed by atoms with E-state index in [0.29, 0.717) is 5.52 Å². The van der Waals surface area contributed by atoms with E-state index in [2.05, 4.69) is 0 Å². The number of rotatable bonds is 1. The van der Waals surface area contributed by atoms with Crippen LogP contribution in [0.1, 0.15) is 10.4 Å². The molecule has 0 spiro atoms. The summed E-state index contributed by atoms with van der Waals surface area (Å²) in [6.45, 7) is 0. The molecule has 2 aromatic rings. The summed E-state index contributed by atoms with van der Waals surface area (Å²) in [5.74, 6) is -1.62. The Morgan fingerprint density at radius 2 is 2.14 bits per heavy atom. The van der Waals surface area contributed by atoms with Crippen LogP contribution in [0.25, 0.3) is 10.9 Å². The van der Waals surface area contributed by atoms with Crippen molar-refractivity contribution in [1.82, 2.24) is 4.57 Å². The maximum Gasteiger partial charge on any atom is 0.155 e. The monoisotopic (exact) mass is 195 g/mol. The average Bonchev–Trinajstić information content (AvgIpc) is 2.49. The summed E-state index contributed by atoms with van der Waals surface area (Å²) >= 11 is 0. The Bertz CT molecular complexity index is 516. The summed E-state index contributed by atoms with van der Waals surface area (Å²) in [5.41, 5.74) is -0.0747. The largest absolute Gasteiger partial charge is 0.350 e. The number of aldehydes is 1. The molecule has 0 bridgehead atoms. The Labute approximate surface area is 78.8 Å². The van der Waals surface area contributed by atoms with Crippen molar-refractivity contribution in [2.75, 3.05) is 0 Å². The Balaban J connectivity index is 2.94. The number of halogens is 2. The lowest BCUT2D eigenvalue weighted by Crippen LogP contribution is -1.95. The van der Waals surface area contributed by atoms with Gasteiger partial charge >= 0.3 is 0 Å². The normalized spacial score (nSPS) is 10.8. The molecule has 0 saturated carbocycles. The standard InChI is InChI=1S/C10H7F2NO/c1-13-3-2-6-9(13)4-8(11)7(5-14)10(6)12/h2-5H,1H3. The lowest BCUT2D eigenvalue weighted by Gasteiger charge is -2.01. The van der Waals surface area contributed by atoms with E-state index in [9.17, 15) is 13.6 Å². The first-order valence-electron chi connectivity index (χ1n) is 4.03. The molecule has 0 radical (unpaired) electrons. The van der Waals surface area contributed by atoms with Crippen molar-refractivity contribution in [3.05, 3.63) is 35.5 Å². The van der Waals surface area contributed by atoms with Gasteiger partial charge in [-0.3, -0.25) is 4.79 Å². The highest BCUT2D eigenvalue weighted by molar-refractivity contribution is 5.88. The molecule has 4 heteroatoms. The van der Waals surface area contributed by atoms with Crippen LogP contribution in [0.5, 0.6) is 0 Å². The van der Waals surface area contributed by atoms with E-state index in [1.54, 1.807) is 17.8 Å². The number of aryl methyl sites for hydroxylation is 1. The molecule has 0 saturated heterocycles. The van der Waals surface area contributed by atoms with E-state index in [4.69, 9.17) is 0 Å². The summed E-state index contributed by atoms with van der Waals surface area (Å²) in [5, 5.41) is 0.260. The molecular formula is C10H7F2NO. The molecule has 1 aromatic carbocycles. The molecular weight excluding hydrogens is 188 g/mol. The lowest BCUT2D eigenvalue weighted by atomic mass is 10.1. The number of carbonyl (C=O) groups excluding carboxylic acids is 1. The minimum atomic E-state index is -0.827. The maximum atomic E-state index is 13.5. The van der Waals surface area contributed by atoms with Gasteiger partial charge in [-0.05, 0) is 12.1 Å². The van der Waals surface area contributed by atoms with E-state index in [1.807, 2.05) is 0 Å². The number of hydrogen-bond donors (Lipinski definition) is 0. The van der Waals surface area contributed by atoms with Gasteiger partial charge in [0.25, 0.3) is 0 Å². The highest BCUT2D eigenvalue weighted by Crippen LogP contribution is 2.23. The Morgan fingerprint density at radius 3 is 2.79 bits per heavy atom. The molecule has 0 aliphatic carbocycles. The number of benzene rings is 1. The van der Waals surface area contributed by atoms with Crippen molar-refractivity contribution < 1.29 is 13.6 Å². The smallest absolute Gasteiger partial charge is 0.155 e. The third-order valence-corrected chi connectivity index (χ3v) is 2.23. The lowest BCUT2D eigenvalue weighted by molar-refractivity contribution is 0.111. The van der Waals surface area contributed by atoms with Crippen molar-refractivity contribution in [3.8, 4) is 0 Å². The Morgan fingerprint density at radius 1 is 1.43 bits per heavy atom. The fourth-order valence-corrected chi connectivity index (χ4v) is 1.46. The van der Waals surface area contributed by atoms with Gasteiger partial charge in [-0.25, -0.2) is 8.78 Å². The molecule has 72 valence electrons. The van der Waals surface area contributed by atoms with Crippen LogP contribution >= 0.6 is 0 Å². The van der Waals surface area contributed by atoms with Crippen molar-refractivity contribution in [2.24, 2.45) is 7.05 Å². The molecule has 0 fully saturated rings. The molecule has 0 aliphatic rings. The highest BCUT2D eigenvalue weighted by Gasteiger charge is 2.14. The fourth-order valence-electron chi connectivity index (χ4n) is 1.46. The first-order chi connectivity index (χ1) is 6.65. The van der Waals surface area contributed by atoms with E-state index < -0.39 is 17.2 Å². The van der Waals surface area contributed by atoms with Crippen LogP contribution in [0, 0.1) is 11.6 Å². The molecule has 0 N–H and O–H groups in total. The Kier molecular flexibility index (Phi) is 1.84. The summed E-state index contributed by atoms with van der Waals surface area (Å²) in [7, 11) is 1.68. The Hall–Kier alpha value is -1.71. The number of fused-ring (bicyclic) bond motifs is 1. The van der Waals surface area contributed by atoms with E-state index >= 15 is 0 Å². The predicted molar refractivity (Wildman–Crippen MR) is 48.2 cm³/mol. The molecule has 0 aliphatic heterocycles. The van der Waals surface area contributed by atoms with E-state index in [-0.39, 0.29) is 11.7 Å². The van der Waals surface area contributed by atoms with Crippen LogP contribution in [0.4, 0.5) is 8.78 Å². The second kappa shape index (κ2) is 2.90. The summed E-state index contributed by atoms with van der Waals surface area (Å²) in [6.07, 6.45) is 1.80. The molecule has 2 rings (SSSR count). The summed E-state index contributed by atoms with van der Waals surface area (Å²) in [4.78, 5) is 10.4. The zero-order valence-corrected chi connectivity index (χ0v) is 7.42. The van der Waals surface area contributed by atoms with E-state index in [0.717, 1.165) is 6.07 Å². The molecule has 0 atom stereocenters. The van der Waals surface area contributed by atoms with Gasteiger partial charge < -0.3 is 4.57 Å². The number of carbonyl (C=O) groups is 1. The molecule has 1 aromatic heterocycles. The van der Waals surface area contributed by atoms with Crippen LogP contribution in [0.3, 0.4) is 0 Å². The SMILES string of the molecule is Cn1ccc2c(F)c(C=O)c(F)cc21. The minimum Gasteiger partial charge on any atom is -0.350 e. The van der Waals surface area contributed by atoms with Crippen LogP contribution in [-0.2, 0) is 7.05 Å². The zero-order chi connectivity index (χ0) is 10.3. The fraction of sp³-hybridized carbons (Fsp3) is 0.100. The van der Waals surface area contributed by atoms with Crippen LogP contribution in [-0.4, -0.2) is 10.9 Å². The van der Waals surface area contributed by atoms with Crippen LogP contribution in [0.15, 0.2) is 18.3 Å².